The predicted molar refractivity (Wildman–Crippen MR) is 102 cm³/mol. The van der Waals surface area contributed by atoms with Crippen LogP contribution in [0.2, 0.25) is 5.02 Å². The van der Waals surface area contributed by atoms with Crippen LogP contribution in [0.15, 0.2) is 48.5 Å². The largest absolute Gasteiger partial charge is 0.494 e. The molecular formula is C20H18ClF3N2O4. The molecular weight excluding hydrogens is 425 g/mol. The molecule has 0 spiro atoms. The number of carbonyl (C=O) groups excluding carboxylic acids is 2. The van der Waals surface area contributed by atoms with Crippen molar-refractivity contribution in [1.29, 1.82) is 0 Å². The molecule has 3 rings (SSSR count). The molecule has 10 heteroatoms. The van der Waals surface area contributed by atoms with Gasteiger partial charge in [0.2, 0.25) is 5.72 Å². The number of Topliss-reactive ketones (excluding diaryl/α,β-unsaturated/α-hetero) is 1. The first-order chi connectivity index (χ1) is 14.1. The second-order valence-corrected chi connectivity index (χ2v) is 7.13. The van der Waals surface area contributed by atoms with Crippen molar-refractivity contribution in [2.45, 2.75) is 24.9 Å². The summed E-state index contributed by atoms with van der Waals surface area (Å²) in [6.45, 7) is 2.15. The molecule has 30 heavy (non-hydrogen) atoms. The zero-order valence-electron chi connectivity index (χ0n) is 15.7. The fourth-order valence-corrected chi connectivity index (χ4v) is 3.47. The second-order valence-electron chi connectivity index (χ2n) is 6.69. The van der Waals surface area contributed by atoms with Crippen molar-refractivity contribution in [3.05, 3.63) is 64.7 Å². The van der Waals surface area contributed by atoms with Crippen LogP contribution in [-0.4, -0.2) is 35.4 Å². The lowest BCUT2D eigenvalue weighted by molar-refractivity contribution is -0.287. The van der Waals surface area contributed by atoms with E-state index in [4.69, 9.17) is 16.3 Å². The Labute approximate surface area is 175 Å². The number of carbonyl (C=O) groups is 2. The lowest BCUT2D eigenvalue weighted by atomic mass is 9.77. The Morgan fingerprint density at radius 1 is 1.17 bits per heavy atom. The van der Waals surface area contributed by atoms with Crippen LogP contribution >= 0.6 is 11.6 Å². The van der Waals surface area contributed by atoms with Crippen molar-refractivity contribution in [1.82, 2.24) is 10.6 Å². The number of alkyl halides is 3. The van der Waals surface area contributed by atoms with Gasteiger partial charge in [-0.3, -0.25) is 4.79 Å². The van der Waals surface area contributed by atoms with Gasteiger partial charge in [0, 0.05) is 10.6 Å². The first kappa shape index (κ1) is 21.9. The number of rotatable bonds is 5. The second kappa shape index (κ2) is 8.16. The quantitative estimate of drug-likeness (QED) is 0.614. The van der Waals surface area contributed by atoms with Gasteiger partial charge < -0.3 is 20.5 Å². The maximum Gasteiger partial charge on any atom is 0.437 e. The van der Waals surface area contributed by atoms with Gasteiger partial charge in [-0.1, -0.05) is 23.7 Å². The summed E-state index contributed by atoms with van der Waals surface area (Å²) in [6, 6.07) is 8.37. The minimum Gasteiger partial charge on any atom is -0.494 e. The molecule has 160 valence electrons. The van der Waals surface area contributed by atoms with Crippen LogP contribution < -0.4 is 15.4 Å². The van der Waals surface area contributed by atoms with Crippen molar-refractivity contribution >= 4 is 23.4 Å². The van der Waals surface area contributed by atoms with E-state index in [9.17, 15) is 27.9 Å². The summed E-state index contributed by atoms with van der Waals surface area (Å²) < 4.78 is 46.9. The smallest absolute Gasteiger partial charge is 0.437 e. The Balaban J connectivity index is 2.10. The number of nitrogens with one attached hydrogen (secondary N) is 2. The van der Waals surface area contributed by atoms with Crippen molar-refractivity contribution in [2.24, 2.45) is 5.92 Å². The number of urea groups is 1. The number of hydrogen-bond acceptors (Lipinski definition) is 4. The van der Waals surface area contributed by atoms with E-state index in [0.29, 0.717) is 12.4 Å². The van der Waals surface area contributed by atoms with E-state index in [1.807, 2.05) is 0 Å². The average molecular weight is 443 g/mol. The molecule has 1 heterocycles. The van der Waals surface area contributed by atoms with Crippen molar-refractivity contribution in [3.8, 4) is 5.75 Å². The zero-order chi connectivity index (χ0) is 22.1. The van der Waals surface area contributed by atoms with Gasteiger partial charge in [0.15, 0.2) is 5.78 Å². The molecule has 2 aromatic carbocycles. The molecule has 0 radical (unpaired) electrons. The van der Waals surface area contributed by atoms with Gasteiger partial charge in [-0.25, -0.2) is 4.79 Å². The van der Waals surface area contributed by atoms with Crippen molar-refractivity contribution in [3.63, 3.8) is 0 Å². The minimum absolute atomic E-state index is 0.0963. The molecule has 1 aliphatic rings. The van der Waals surface area contributed by atoms with Crippen LogP contribution in [0, 0.1) is 5.92 Å². The first-order valence-corrected chi connectivity index (χ1v) is 9.35. The molecule has 2 aromatic rings. The molecule has 3 atom stereocenters. The van der Waals surface area contributed by atoms with Gasteiger partial charge in [0.05, 0.1) is 12.6 Å². The summed E-state index contributed by atoms with van der Waals surface area (Å²) in [6.07, 6.45) is -5.32. The molecule has 1 aliphatic heterocycles. The van der Waals surface area contributed by atoms with Crippen LogP contribution in [0.3, 0.4) is 0 Å². The summed E-state index contributed by atoms with van der Waals surface area (Å²) >= 11 is 5.79. The highest BCUT2D eigenvalue weighted by atomic mass is 35.5. The molecule has 3 N–H and O–H groups in total. The summed E-state index contributed by atoms with van der Waals surface area (Å²) in [5.74, 6) is -2.65. The van der Waals surface area contributed by atoms with E-state index in [1.165, 1.54) is 53.8 Å². The van der Waals surface area contributed by atoms with Gasteiger partial charge in [-0.15, -0.1) is 0 Å². The van der Waals surface area contributed by atoms with Crippen molar-refractivity contribution < 1.29 is 32.6 Å². The fraction of sp³-hybridized carbons (Fsp3) is 0.300. The van der Waals surface area contributed by atoms with E-state index in [-0.39, 0.29) is 16.1 Å². The number of benzene rings is 2. The number of hydrogen-bond donors (Lipinski definition) is 3. The van der Waals surface area contributed by atoms with Gasteiger partial charge in [-0.2, -0.15) is 13.2 Å². The Morgan fingerprint density at radius 2 is 1.77 bits per heavy atom. The van der Waals surface area contributed by atoms with Crippen LogP contribution in [-0.2, 0) is 0 Å². The third kappa shape index (κ3) is 4.08. The van der Waals surface area contributed by atoms with Gasteiger partial charge in [0.1, 0.15) is 11.7 Å². The van der Waals surface area contributed by atoms with Crippen LogP contribution in [0.4, 0.5) is 18.0 Å². The highest BCUT2D eigenvalue weighted by molar-refractivity contribution is 6.30. The van der Waals surface area contributed by atoms with Crippen LogP contribution in [0.1, 0.15) is 28.9 Å². The molecule has 6 nitrogen and oxygen atoms in total. The molecule has 0 aliphatic carbocycles. The Bertz CT molecular complexity index is 935. The lowest BCUT2D eigenvalue weighted by Crippen LogP contribution is -2.72. The van der Waals surface area contributed by atoms with Crippen LogP contribution in [0.25, 0.3) is 0 Å². The van der Waals surface area contributed by atoms with E-state index in [1.54, 1.807) is 6.92 Å². The fourth-order valence-electron chi connectivity index (χ4n) is 3.35. The SMILES string of the molecule is CCOc1ccc([C@@H]2NC(=O)N[C@@](O)(C(F)(F)F)[C@H]2C(=O)c2ccc(Cl)cc2)cc1. The monoisotopic (exact) mass is 442 g/mol. The Kier molecular flexibility index (Phi) is 5.96. The molecule has 1 fully saturated rings. The molecule has 0 saturated carbocycles. The van der Waals surface area contributed by atoms with Gasteiger partial charge in [-0.05, 0) is 48.9 Å². The van der Waals surface area contributed by atoms with E-state index < -0.39 is 35.7 Å². The summed E-state index contributed by atoms with van der Waals surface area (Å²) in [7, 11) is 0. The van der Waals surface area contributed by atoms with E-state index in [0.717, 1.165) is 0 Å². The molecule has 0 unspecified atom stereocenters. The molecule has 0 aromatic heterocycles. The summed E-state index contributed by atoms with van der Waals surface area (Å²) in [5, 5.41) is 14.6. The molecule has 0 bridgehead atoms. The zero-order valence-corrected chi connectivity index (χ0v) is 16.4. The van der Waals surface area contributed by atoms with E-state index >= 15 is 0 Å². The van der Waals surface area contributed by atoms with Crippen LogP contribution in [0.5, 0.6) is 5.75 Å². The Morgan fingerprint density at radius 3 is 2.30 bits per heavy atom. The lowest BCUT2D eigenvalue weighted by Gasteiger charge is -2.45. The standard InChI is InChI=1S/C20H18ClF3N2O4/c1-2-30-14-9-5-11(6-10-14)16-15(17(27)12-3-7-13(21)8-4-12)19(29,20(22,23)24)26-18(28)25-16/h3-10,15-16,29H,2H2,1H3,(H2,25,26,28)/t15-,16+,19+/m1/s1. The van der Waals surface area contributed by atoms with Gasteiger partial charge in [0.25, 0.3) is 0 Å². The average Bonchev–Trinajstić information content (AvgIpc) is 2.67. The summed E-state index contributed by atoms with van der Waals surface area (Å²) in [5.41, 5.74) is -3.68. The highest BCUT2D eigenvalue weighted by Gasteiger charge is 2.66. The first-order valence-electron chi connectivity index (χ1n) is 8.97. The highest BCUT2D eigenvalue weighted by Crippen LogP contribution is 2.44. The van der Waals surface area contributed by atoms with E-state index in [2.05, 4.69) is 5.32 Å². The number of halogens is 4. The number of ether oxygens (including phenoxy) is 1. The Hall–Kier alpha value is -2.78. The number of ketones is 1. The number of amides is 2. The topological polar surface area (TPSA) is 87.7 Å². The van der Waals surface area contributed by atoms with Crippen molar-refractivity contribution in [2.75, 3.05) is 6.61 Å². The third-order valence-corrected chi connectivity index (χ3v) is 5.02. The number of aliphatic hydroxyl groups is 1. The maximum absolute atomic E-state index is 13.9. The predicted octanol–water partition coefficient (Wildman–Crippen LogP) is 3.84. The maximum atomic E-state index is 13.9. The molecule has 1 saturated heterocycles. The normalized spacial score (nSPS) is 24.0. The van der Waals surface area contributed by atoms with Gasteiger partial charge >= 0.3 is 12.2 Å². The molecule has 2 amide bonds. The third-order valence-electron chi connectivity index (χ3n) is 4.77. The summed E-state index contributed by atoms with van der Waals surface area (Å²) in [4.78, 5) is 25.1. The minimum atomic E-state index is -5.32.